The van der Waals surface area contributed by atoms with Crippen LogP contribution in [0.1, 0.15) is 36.6 Å². The lowest BCUT2D eigenvalue weighted by molar-refractivity contribution is -0.139. The van der Waals surface area contributed by atoms with Gasteiger partial charge in [0.2, 0.25) is 0 Å². The molecule has 0 fully saturated rings. The maximum absolute atomic E-state index is 14.4. The first-order valence-corrected chi connectivity index (χ1v) is 15.0. The topological polar surface area (TPSA) is 90.2 Å². The standard InChI is InChI=1S/C32H26BrN3O5S/c1-4-41-31(39)25-18(2)34-32-36(27(25)21-12-8-9-13-24(21)40-3)30(38)28(42-32)26-22-16-20(33)14-15-23(22)35(29(26)37)17-19-10-6-5-7-11-19/h5-16,27H,4,17H2,1-3H3/b28-26-/t27-/m1/s1. The fourth-order valence-corrected chi connectivity index (χ4v) is 6.97. The van der Waals surface area contributed by atoms with Gasteiger partial charge in [0.1, 0.15) is 16.3 Å². The van der Waals surface area contributed by atoms with Crippen LogP contribution in [0.4, 0.5) is 5.69 Å². The van der Waals surface area contributed by atoms with Gasteiger partial charge < -0.3 is 14.4 Å². The third kappa shape index (κ3) is 4.60. The number of aromatic nitrogens is 1. The first kappa shape index (κ1) is 27.9. The van der Waals surface area contributed by atoms with Crippen LogP contribution in [0.5, 0.6) is 5.75 Å². The minimum Gasteiger partial charge on any atom is -0.496 e. The van der Waals surface area contributed by atoms with E-state index in [9.17, 15) is 14.4 Å². The number of thiazole rings is 1. The maximum atomic E-state index is 14.4. The fourth-order valence-electron chi connectivity index (χ4n) is 5.47. The van der Waals surface area contributed by atoms with E-state index >= 15 is 0 Å². The van der Waals surface area contributed by atoms with Crippen LogP contribution < -0.4 is 24.5 Å². The first-order valence-electron chi connectivity index (χ1n) is 13.3. The number of rotatable bonds is 6. The molecule has 1 atom stereocenters. The van der Waals surface area contributed by atoms with E-state index in [1.807, 2.05) is 66.7 Å². The van der Waals surface area contributed by atoms with Gasteiger partial charge in [-0.1, -0.05) is 75.8 Å². The summed E-state index contributed by atoms with van der Waals surface area (Å²) in [5, 5.41) is 0. The number of hydrogen-bond donors (Lipinski definition) is 0. The zero-order valence-corrected chi connectivity index (χ0v) is 25.5. The van der Waals surface area contributed by atoms with Crippen molar-refractivity contribution >= 4 is 50.4 Å². The van der Waals surface area contributed by atoms with Crippen molar-refractivity contribution in [2.24, 2.45) is 4.99 Å². The molecule has 2 aliphatic heterocycles. The van der Waals surface area contributed by atoms with Crippen molar-refractivity contribution in [1.82, 2.24) is 4.57 Å². The molecule has 10 heteroatoms. The van der Waals surface area contributed by atoms with Gasteiger partial charge in [-0.15, -0.1) is 0 Å². The highest BCUT2D eigenvalue weighted by Gasteiger charge is 2.38. The van der Waals surface area contributed by atoms with Gasteiger partial charge in [0, 0.05) is 15.6 Å². The number of carbonyl (C=O) groups excluding carboxylic acids is 2. The number of allylic oxidation sites excluding steroid dienone is 1. The summed E-state index contributed by atoms with van der Waals surface area (Å²) in [6, 6.07) is 21.7. The molecule has 0 unspecified atom stereocenters. The highest BCUT2D eigenvalue weighted by molar-refractivity contribution is 9.10. The van der Waals surface area contributed by atoms with Crippen molar-refractivity contribution in [1.29, 1.82) is 0 Å². The Hall–Kier alpha value is -4.28. The molecule has 0 aliphatic carbocycles. The van der Waals surface area contributed by atoms with Crippen molar-refractivity contribution in [3.63, 3.8) is 0 Å². The summed E-state index contributed by atoms with van der Waals surface area (Å²) >= 11 is 4.68. The van der Waals surface area contributed by atoms with Crippen molar-refractivity contribution in [3.05, 3.63) is 125 Å². The van der Waals surface area contributed by atoms with Crippen LogP contribution in [0.15, 0.2) is 98.3 Å². The summed E-state index contributed by atoms with van der Waals surface area (Å²) < 4.78 is 13.6. The van der Waals surface area contributed by atoms with Crippen LogP contribution in [-0.2, 0) is 20.9 Å². The average molecular weight is 645 g/mol. The summed E-state index contributed by atoms with van der Waals surface area (Å²) in [7, 11) is 1.54. The van der Waals surface area contributed by atoms with Crippen molar-refractivity contribution in [3.8, 4) is 5.75 Å². The lowest BCUT2D eigenvalue weighted by Crippen LogP contribution is -2.41. The van der Waals surface area contributed by atoms with Gasteiger partial charge in [-0.25, -0.2) is 9.79 Å². The van der Waals surface area contributed by atoms with E-state index in [2.05, 4.69) is 20.9 Å². The first-order chi connectivity index (χ1) is 20.3. The molecule has 6 rings (SSSR count). The minimum atomic E-state index is -0.857. The molecule has 1 aromatic heterocycles. The normalized spacial score (nSPS) is 17.1. The number of benzene rings is 3. The largest absolute Gasteiger partial charge is 0.496 e. The molecule has 4 aromatic rings. The van der Waals surface area contributed by atoms with E-state index < -0.39 is 17.6 Å². The van der Waals surface area contributed by atoms with Crippen molar-refractivity contribution < 1.29 is 19.1 Å². The zero-order chi connectivity index (χ0) is 29.5. The number of esters is 1. The van der Waals surface area contributed by atoms with Crippen molar-refractivity contribution in [2.75, 3.05) is 18.6 Å². The van der Waals surface area contributed by atoms with Crippen LogP contribution >= 0.6 is 27.3 Å². The molecule has 0 radical (unpaired) electrons. The molecule has 1 amide bonds. The van der Waals surface area contributed by atoms with Gasteiger partial charge in [0.15, 0.2) is 4.80 Å². The number of fused-ring (bicyclic) bond motifs is 2. The van der Waals surface area contributed by atoms with Crippen LogP contribution in [0.3, 0.4) is 0 Å². The molecule has 0 N–H and O–H groups in total. The van der Waals surface area contributed by atoms with Gasteiger partial charge >= 0.3 is 5.97 Å². The summed E-state index contributed by atoms with van der Waals surface area (Å²) in [4.78, 5) is 48.6. The Morgan fingerprint density at radius 2 is 1.79 bits per heavy atom. The monoisotopic (exact) mass is 643 g/mol. The summed E-state index contributed by atoms with van der Waals surface area (Å²) in [6.07, 6.45) is 0. The van der Waals surface area contributed by atoms with Gasteiger partial charge in [0.25, 0.3) is 11.5 Å². The molecular formula is C32H26BrN3O5S. The SMILES string of the molecule is CCOC(=O)C1=C(C)N=c2s/c(=C3\C(=O)N(Cc4ccccc4)c4ccc(Br)cc43)c(=O)n2[C@@H]1c1ccccc1OC. The molecule has 0 bridgehead atoms. The third-order valence-electron chi connectivity index (χ3n) is 7.31. The molecular weight excluding hydrogens is 618 g/mol. The van der Waals surface area contributed by atoms with Crippen LogP contribution in [0.25, 0.3) is 5.57 Å². The number of halogens is 1. The third-order valence-corrected chi connectivity index (χ3v) is 8.86. The quantitative estimate of drug-likeness (QED) is 0.289. The predicted molar refractivity (Wildman–Crippen MR) is 164 cm³/mol. The van der Waals surface area contributed by atoms with E-state index in [1.165, 1.54) is 4.57 Å². The lowest BCUT2D eigenvalue weighted by Gasteiger charge is -2.25. The Morgan fingerprint density at radius 3 is 2.52 bits per heavy atom. The van der Waals surface area contributed by atoms with Gasteiger partial charge in [-0.3, -0.25) is 14.2 Å². The molecule has 0 spiro atoms. The Kier molecular flexibility index (Phi) is 7.42. The Balaban J connectivity index is 1.62. The molecule has 3 aromatic carbocycles. The van der Waals surface area contributed by atoms with E-state index in [-0.39, 0.29) is 22.6 Å². The minimum absolute atomic E-state index is 0.167. The number of amides is 1. The van der Waals surface area contributed by atoms with Gasteiger partial charge in [-0.05, 0) is 43.7 Å². The number of methoxy groups -OCH3 is 1. The van der Waals surface area contributed by atoms with Crippen LogP contribution in [-0.4, -0.2) is 30.2 Å². The smallest absolute Gasteiger partial charge is 0.338 e. The van der Waals surface area contributed by atoms with Crippen LogP contribution in [0.2, 0.25) is 0 Å². The number of carbonyl (C=O) groups is 2. The number of ether oxygens (including phenoxy) is 2. The molecule has 8 nitrogen and oxygen atoms in total. The zero-order valence-electron chi connectivity index (χ0n) is 23.1. The molecule has 42 heavy (non-hydrogen) atoms. The second-order valence-corrected chi connectivity index (χ2v) is 11.7. The second kappa shape index (κ2) is 11.2. The number of hydrogen-bond acceptors (Lipinski definition) is 7. The van der Waals surface area contributed by atoms with E-state index in [4.69, 9.17) is 9.47 Å². The molecule has 212 valence electrons. The Bertz CT molecular complexity index is 1960. The Labute approximate surface area is 254 Å². The van der Waals surface area contributed by atoms with Crippen LogP contribution in [0, 0.1) is 0 Å². The maximum Gasteiger partial charge on any atom is 0.338 e. The molecule has 3 heterocycles. The van der Waals surface area contributed by atoms with E-state index in [1.54, 1.807) is 31.9 Å². The predicted octanol–water partition coefficient (Wildman–Crippen LogP) is 4.49. The van der Waals surface area contributed by atoms with E-state index in [0.29, 0.717) is 39.5 Å². The molecule has 0 saturated carbocycles. The summed E-state index contributed by atoms with van der Waals surface area (Å²) in [5.41, 5.74) is 3.53. The molecule has 2 aliphatic rings. The average Bonchev–Trinajstić information content (AvgIpc) is 3.44. The number of para-hydroxylation sites is 1. The lowest BCUT2D eigenvalue weighted by atomic mass is 9.95. The van der Waals surface area contributed by atoms with Crippen molar-refractivity contribution in [2.45, 2.75) is 26.4 Å². The highest BCUT2D eigenvalue weighted by Crippen LogP contribution is 2.39. The summed E-state index contributed by atoms with van der Waals surface area (Å²) in [6.45, 7) is 3.97. The number of nitrogens with zero attached hydrogens (tertiary/aromatic N) is 3. The Morgan fingerprint density at radius 1 is 1.05 bits per heavy atom. The summed E-state index contributed by atoms with van der Waals surface area (Å²) in [5.74, 6) is -0.322. The molecule has 0 saturated heterocycles. The highest BCUT2D eigenvalue weighted by atomic mass is 79.9. The fraction of sp³-hybridized carbons (Fsp3) is 0.188. The number of anilines is 1. The second-order valence-electron chi connectivity index (χ2n) is 9.78. The van der Waals surface area contributed by atoms with Gasteiger partial charge in [0.05, 0.1) is 42.8 Å². The van der Waals surface area contributed by atoms with E-state index in [0.717, 1.165) is 27.1 Å². The van der Waals surface area contributed by atoms with Gasteiger partial charge in [-0.2, -0.15) is 0 Å².